The highest BCUT2D eigenvalue weighted by Crippen LogP contribution is 2.35. The molecule has 0 saturated heterocycles. The first-order valence-electron chi connectivity index (χ1n) is 3.21. The molecule has 0 unspecified atom stereocenters. The van der Waals surface area contributed by atoms with Crippen LogP contribution in [0.5, 0.6) is 0 Å². The average molecular weight is 420 g/mol. The molecule has 0 aliphatic carbocycles. The molecule has 1 aromatic heterocycles. The standard InChI is InChI=1S/C8H3ClI2S/c9-8-4(10)1-2-6-7(8)5(11)3-12-6/h1-3H. The summed E-state index contributed by atoms with van der Waals surface area (Å²) in [5.41, 5.74) is 0. The Balaban J connectivity index is 2.96. The Bertz CT molecular complexity index is 436. The Morgan fingerprint density at radius 1 is 1.17 bits per heavy atom. The van der Waals surface area contributed by atoms with Gasteiger partial charge >= 0.3 is 0 Å². The van der Waals surface area contributed by atoms with E-state index in [2.05, 4.69) is 62.7 Å². The third-order valence-corrected chi connectivity index (χ3v) is 5.42. The second-order valence-electron chi connectivity index (χ2n) is 2.32. The van der Waals surface area contributed by atoms with Crippen LogP contribution in [0, 0.1) is 7.14 Å². The highest BCUT2D eigenvalue weighted by molar-refractivity contribution is 14.1. The predicted octanol–water partition coefficient (Wildman–Crippen LogP) is 4.76. The van der Waals surface area contributed by atoms with E-state index >= 15 is 0 Å². The van der Waals surface area contributed by atoms with E-state index in [4.69, 9.17) is 11.6 Å². The molecule has 0 amide bonds. The molecular formula is C8H3ClI2S. The van der Waals surface area contributed by atoms with E-state index in [-0.39, 0.29) is 0 Å². The van der Waals surface area contributed by atoms with Crippen LogP contribution in [0.4, 0.5) is 0 Å². The second-order valence-corrected chi connectivity index (χ2v) is 5.93. The molecule has 2 aromatic rings. The molecule has 0 fully saturated rings. The zero-order chi connectivity index (χ0) is 8.72. The molecule has 0 atom stereocenters. The van der Waals surface area contributed by atoms with Gasteiger partial charge < -0.3 is 0 Å². The average Bonchev–Trinajstić information content (AvgIpc) is 2.41. The van der Waals surface area contributed by atoms with E-state index in [0.29, 0.717) is 0 Å². The van der Waals surface area contributed by atoms with E-state index < -0.39 is 0 Å². The maximum Gasteiger partial charge on any atom is 0.0636 e. The van der Waals surface area contributed by atoms with Crippen molar-refractivity contribution in [3.05, 3.63) is 29.7 Å². The molecule has 12 heavy (non-hydrogen) atoms. The Labute approximate surface area is 107 Å². The van der Waals surface area contributed by atoms with Gasteiger partial charge in [0.15, 0.2) is 0 Å². The molecular weight excluding hydrogens is 417 g/mol. The van der Waals surface area contributed by atoms with Crippen LogP contribution in [0.3, 0.4) is 0 Å². The lowest BCUT2D eigenvalue weighted by molar-refractivity contribution is 1.74. The first kappa shape index (κ1) is 9.48. The van der Waals surface area contributed by atoms with Gasteiger partial charge in [-0.3, -0.25) is 0 Å². The second kappa shape index (κ2) is 3.59. The number of rotatable bonds is 0. The minimum absolute atomic E-state index is 0.888. The van der Waals surface area contributed by atoms with Crippen LogP contribution in [0.1, 0.15) is 0 Å². The fourth-order valence-electron chi connectivity index (χ4n) is 1.03. The van der Waals surface area contributed by atoms with Gasteiger partial charge in [-0.2, -0.15) is 0 Å². The van der Waals surface area contributed by atoms with Crippen LogP contribution >= 0.6 is 68.1 Å². The molecule has 2 rings (SSSR count). The molecule has 0 N–H and O–H groups in total. The van der Waals surface area contributed by atoms with E-state index in [1.807, 2.05) is 0 Å². The van der Waals surface area contributed by atoms with Crippen LogP contribution < -0.4 is 0 Å². The van der Waals surface area contributed by atoms with Gasteiger partial charge in [-0.15, -0.1) is 11.3 Å². The number of halogens is 3. The number of fused-ring (bicyclic) bond motifs is 1. The van der Waals surface area contributed by atoms with Gasteiger partial charge in [-0.1, -0.05) is 11.6 Å². The van der Waals surface area contributed by atoms with Gasteiger partial charge in [0.1, 0.15) is 0 Å². The summed E-state index contributed by atoms with van der Waals surface area (Å²) < 4.78 is 3.64. The smallest absolute Gasteiger partial charge is 0.0636 e. The van der Waals surface area contributed by atoms with Crippen LogP contribution in [-0.4, -0.2) is 0 Å². The van der Waals surface area contributed by atoms with Crippen LogP contribution in [0.15, 0.2) is 17.5 Å². The van der Waals surface area contributed by atoms with Crippen molar-refractivity contribution in [3.63, 3.8) is 0 Å². The molecule has 4 heteroatoms. The molecule has 1 aromatic carbocycles. The summed E-state index contributed by atoms with van der Waals surface area (Å²) in [6, 6.07) is 4.17. The lowest BCUT2D eigenvalue weighted by Gasteiger charge is -1.97. The quantitative estimate of drug-likeness (QED) is 0.539. The minimum atomic E-state index is 0.888. The summed E-state index contributed by atoms with van der Waals surface area (Å²) in [5.74, 6) is 0. The van der Waals surface area contributed by atoms with Crippen molar-refractivity contribution in [2.75, 3.05) is 0 Å². The SMILES string of the molecule is Clc1c(I)ccc2scc(I)c12. The Morgan fingerprint density at radius 3 is 2.67 bits per heavy atom. The van der Waals surface area contributed by atoms with Crippen molar-refractivity contribution >= 4 is 78.2 Å². The van der Waals surface area contributed by atoms with Crippen molar-refractivity contribution in [1.82, 2.24) is 0 Å². The summed E-state index contributed by atoms with van der Waals surface area (Å²) in [5, 5.41) is 4.22. The molecule has 0 nitrogen and oxygen atoms in total. The normalized spacial score (nSPS) is 10.9. The number of benzene rings is 1. The largest absolute Gasteiger partial charge is 0.143 e. The fraction of sp³-hybridized carbons (Fsp3) is 0. The Morgan fingerprint density at radius 2 is 1.92 bits per heavy atom. The number of hydrogen-bond acceptors (Lipinski definition) is 1. The molecule has 0 bridgehead atoms. The third-order valence-electron chi connectivity index (χ3n) is 1.58. The van der Waals surface area contributed by atoms with E-state index in [0.717, 1.165) is 8.59 Å². The summed E-state index contributed by atoms with van der Waals surface area (Å²) in [6.45, 7) is 0. The summed E-state index contributed by atoms with van der Waals surface area (Å²) in [7, 11) is 0. The number of thiophene rings is 1. The van der Waals surface area contributed by atoms with Gasteiger partial charge in [0.05, 0.1) is 5.02 Å². The van der Waals surface area contributed by atoms with Crippen molar-refractivity contribution in [3.8, 4) is 0 Å². The van der Waals surface area contributed by atoms with Gasteiger partial charge in [-0.25, -0.2) is 0 Å². The van der Waals surface area contributed by atoms with Crippen LogP contribution in [0.2, 0.25) is 5.02 Å². The van der Waals surface area contributed by atoms with Crippen molar-refractivity contribution in [2.24, 2.45) is 0 Å². The lowest BCUT2D eigenvalue weighted by atomic mass is 10.3. The first-order valence-corrected chi connectivity index (χ1v) is 6.62. The first-order chi connectivity index (χ1) is 5.70. The van der Waals surface area contributed by atoms with Crippen molar-refractivity contribution in [2.45, 2.75) is 0 Å². The van der Waals surface area contributed by atoms with Gasteiger partial charge in [0.25, 0.3) is 0 Å². The van der Waals surface area contributed by atoms with E-state index in [1.54, 1.807) is 11.3 Å². The summed E-state index contributed by atoms with van der Waals surface area (Å²) in [6.07, 6.45) is 0. The van der Waals surface area contributed by atoms with Gasteiger partial charge in [0.2, 0.25) is 0 Å². The Kier molecular flexibility index (Phi) is 2.84. The van der Waals surface area contributed by atoms with Crippen molar-refractivity contribution < 1.29 is 0 Å². The molecule has 0 radical (unpaired) electrons. The highest BCUT2D eigenvalue weighted by atomic mass is 127. The number of hydrogen-bond donors (Lipinski definition) is 0. The highest BCUT2D eigenvalue weighted by Gasteiger charge is 2.07. The fourth-order valence-corrected chi connectivity index (χ4v) is 3.91. The van der Waals surface area contributed by atoms with Gasteiger partial charge in [-0.05, 0) is 57.3 Å². The summed E-state index contributed by atoms with van der Waals surface area (Å²) >= 11 is 12.5. The minimum Gasteiger partial charge on any atom is -0.143 e. The van der Waals surface area contributed by atoms with Crippen LogP contribution in [0.25, 0.3) is 10.1 Å². The van der Waals surface area contributed by atoms with E-state index in [1.165, 1.54) is 13.7 Å². The monoisotopic (exact) mass is 420 g/mol. The Hall–Kier alpha value is 0.930. The molecule has 1 heterocycles. The molecule has 0 saturated carbocycles. The topological polar surface area (TPSA) is 0 Å². The molecule has 62 valence electrons. The lowest BCUT2D eigenvalue weighted by Crippen LogP contribution is -1.75. The molecule has 0 spiro atoms. The third kappa shape index (κ3) is 1.49. The summed E-state index contributed by atoms with van der Waals surface area (Å²) in [4.78, 5) is 0. The maximum atomic E-state index is 6.17. The zero-order valence-corrected chi connectivity index (χ0v) is 11.7. The van der Waals surface area contributed by atoms with E-state index in [9.17, 15) is 0 Å². The predicted molar refractivity (Wildman–Crippen MR) is 72.3 cm³/mol. The van der Waals surface area contributed by atoms with Gasteiger partial charge in [0, 0.05) is 22.6 Å². The molecule has 0 aliphatic heterocycles. The van der Waals surface area contributed by atoms with Crippen molar-refractivity contribution in [1.29, 1.82) is 0 Å². The zero-order valence-electron chi connectivity index (χ0n) is 5.77. The van der Waals surface area contributed by atoms with Crippen LogP contribution in [-0.2, 0) is 0 Å². The maximum absolute atomic E-state index is 6.17. The molecule has 0 aliphatic rings.